The Balaban J connectivity index is 2.24. The standard InChI is InChI=1S/C18H17NO2/c1-12-15-11-18(21-3)17(20-2)10-14(15)9-16(19-12)13-7-5-4-6-8-13/h4-11H,1-3H3. The number of pyridine rings is 1. The molecule has 1 heterocycles. The molecule has 0 amide bonds. The lowest BCUT2D eigenvalue weighted by atomic mass is 10.0. The quantitative estimate of drug-likeness (QED) is 0.719. The summed E-state index contributed by atoms with van der Waals surface area (Å²) in [5.41, 5.74) is 3.05. The number of aromatic nitrogens is 1. The van der Waals surface area contributed by atoms with Crippen molar-refractivity contribution in [3.05, 3.63) is 54.2 Å². The van der Waals surface area contributed by atoms with Crippen LogP contribution in [0, 0.1) is 6.92 Å². The fourth-order valence-electron chi connectivity index (χ4n) is 2.50. The topological polar surface area (TPSA) is 31.4 Å². The van der Waals surface area contributed by atoms with Gasteiger partial charge in [-0.15, -0.1) is 0 Å². The predicted molar refractivity (Wildman–Crippen MR) is 85.0 cm³/mol. The summed E-state index contributed by atoms with van der Waals surface area (Å²) < 4.78 is 10.7. The molecular formula is C18H17NO2. The molecule has 3 nitrogen and oxygen atoms in total. The second-order valence-corrected chi connectivity index (χ2v) is 4.89. The third-order valence-corrected chi connectivity index (χ3v) is 3.60. The lowest BCUT2D eigenvalue weighted by Crippen LogP contribution is -1.94. The van der Waals surface area contributed by atoms with E-state index in [-0.39, 0.29) is 0 Å². The van der Waals surface area contributed by atoms with Gasteiger partial charge in [0.1, 0.15) is 0 Å². The van der Waals surface area contributed by atoms with Crippen molar-refractivity contribution >= 4 is 10.8 Å². The number of nitrogens with zero attached hydrogens (tertiary/aromatic N) is 1. The van der Waals surface area contributed by atoms with Gasteiger partial charge in [-0.2, -0.15) is 0 Å². The zero-order valence-corrected chi connectivity index (χ0v) is 12.4. The number of fused-ring (bicyclic) bond motifs is 1. The van der Waals surface area contributed by atoms with Gasteiger partial charge in [0.15, 0.2) is 11.5 Å². The molecular weight excluding hydrogens is 262 g/mol. The molecule has 0 saturated heterocycles. The Bertz CT molecular complexity index is 782. The highest BCUT2D eigenvalue weighted by molar-refractivity contribution is 5.90. The minimum Gasteiger partial charge on any atom is -0.493 e. The summed E-state index contributed by atoms with van der Waals surface area (Å²) in [5, 5.41) is 2.17. The third-order valence-electron chi connectivity index (χ3n) is 3.60. The summed E-state index contributed by atoms with van der Waals surface area (Å²) in [7, 11) is 3.29. The number of aryl methyl sites for hydroxylation is 1. The van der Waals surface area contributed by atoms with Crippen molar-refractivity contribution in [3.63, 3.8) is 0 Å². The molecule has 0 aliphatic carbocycles. The smallest absolute Gasteiger partial charge is 0.161 e. The first kappa shape index (κ1) is 13.4. The van der Waals surface area contributed by atoms with E-state index in [1.807, 2.05) is 37.3 Å². The number of hydrogen-bond acceptors (Lipinski definition) is 3. The van der Waals surface area contributed by atoms with Crippen molar-refractivity contribution in [1.82, 2.24) is 4.98 Å². The Kier molecular flexibility index (Phi) is 3.48. The molecule has 0 N–H and O–H groups in total. The Labute approximate surface area is 124 Å². The van der Waals surface area contributed by atoms with Crippen LogP contribution in [0.4, 0.5) is 0 Å². The van der Waals surface area contributed by atoms with E-state index in [0.29, 0.717) is 0 Å². The number of hydrogen-bond donors (Lipinski definition) is 0. The summed E-state index contributed by atoms with van der Waals surface area (Å²) in [6, 6.07) is 16.2. The van der Waals surface area contributed by atoms with Crippen LogP contribution in [0.5, 0.6) is 11.5 Å². The lowest BCUT2D eigenvalue weighted by Gasteiger charge is -2.12. The van der Waals surface area contributed by atoms with Gasteiger partial charge in [-0.25, -0.2) is 0 Å². The van der Waals surface area contributed by atoms with E-state index in [4.69, 9.17) is 14.5 Å². The van der Waals surface area contributed by atoms with Crippen LogP contribution in [0.2, 0.25) is 0 Å². The van der Waals surface area contributed by atoms with E-state index in [0.717, 1.165) is 39.2 Å². The predicted octanol–water partition coefficient (Wildman–Crippen LogP) is 4.23. The molecule has 0 atom stereocenters. The van der Waals surface area contributed by atoms with Gasteiger partial charge in [0, 0.05) is 16.6 Å². The van der Waals surface area contributed by atoms with Crippen molar-refractivity contribution in [3.8, 4) is 22.8 Å². The number of rotatable bonds is 3. The summed E-state index contributed by atoms with van der Waals surface area (Å²) in [6.45, 7) is 2.01. The van der Waals surface area contributed by atoms with Gasteiger partial charge in [0.05, 0.1) is 19.9 Å². The molecule has 21 heavy (non-hydrogen) atoms. The van der Waals surface area contributed by atoms with Crippen LogP contribution < -0.4 is 9.47 Å². The molecule has 2 aromatic carbocycles. The van der Waals surface area contributed by atoms with Gasteiger partial charge < -0.3 is 9.47 Å². The molecule has 0 radical (unpaired) electrons. The molecule has 0 fully saturated rings. The van der Waals surface area contributed by atoms with Gasteiger partial charge in [0.25, 0.3) is 0 Å². The molecule has 0 saturated carbocycles. The third kappa shape index (κ3) is 2.42. The minimum atomic E-state index is 0.724. The average molecular weight is 279 g/mol. The molecule has 3 aromatic rings. The maximum absolute atomic E-state index is 5.38. The highest BCUT2D eigenvalue weighted by Gasteiger charge is 2.10. The van der Waals surface area contributed by atoms with Gasteiger partial charge in [-0.3, -0.25) is 4.98 Å². The van der Waals surface area contributed by atoms with Crippen LogP contribution in [0.15, 0.2) is 48.5 Å². The summed E-state index contributed by atoms with van der Waals surface area (Å²) in [4.78, 5) is 4.71. The largest absolute Gasteiger partial charge is 0.493 e. The van der Waals surface area contributed by atoms with E-state index < -0.39 is 0 Å². The van der Waals surface area contributed by atoms with Gasteiger partial charge in [-0.1, -0.05) is 30.3 Å². The normalized spacial score (nSPS) is 10.6. The first-order valence-corrected chi connectivity index (χ1v) is 6.81. The first-order chi connectivity index (χ1) is 10.2. The molecule has 0 bridgehead atoms. The number of ether oxygens (including phenoxy) is 2. The van der Waals surface area contributed by atoms with Gasteiger partial charge in [-0.05, 0) is 30.5 Å². The van der Waals surface area contributed by atoms with E-state index in [1.54, 1.807) is 14.2 Å². The van der Waals surface area contributed by atoms with Crippen LogP contribution in [0.25, 0.3) is 22.0 Å². The van der Waals surface area contributed by atoms with E-state index in [2.05, 4.69) is 18.2 Å². The molecule has 0 spiro atoms. The van der Waals surface area contributed by atoms with Crippen molar-refractivity contribution in [1.29, 1.82) is 0 Å². The molecule has 0 aliphatic rings. The summed E-state index contributed by atoms with van der Waals surface area (Å²) in [6.07, 6.45) is 0. The number of methoxy groups -OCH3 is 2. The zero-order chi connectivity index (χ0) is 14.8. The highest BCUT2D eigenvalue weighted by atomic mass is 16.5. The Morgan fingerprint density at radius 2 is 1.52 bits per heavy atom. The minimum absolute atomic E-state index is 0.724. The van der Waals surface area contributed by atoms with E-state index in [9.17, 15) is 0 Å². The maximum atomic E-state index is 5.38. The molecule has 0 unspecified atom stereocenters. The molecule has 1 aromatic heterocycles. The Hall–Kier alpha value is -2.55. The van der Waals surface area contributed by atoms with Crippen LogP contribution in [-0.2, 0) is 0 Å². The van der Waals surface area contributed by atoms with Crippen molar-refractivity contribution in [2.75, 3.05) is 14.2 Å². The van der Waals surface area contributed by atoms with Crippen LogP contribution in [0.3, 0.4) is 0 Å². The SMILES string of the molecule is COc1cc2cc(-c3ccccc3)nc(C)c2cc1OC. The molecule has 0 aliphatic heterocycles. The van der Waals surface area contributed by atoms with E-state index >= 15 is 0 Å². The fourth-order valence-corrected chi connectivity index (χ4v) is 2.50. The van der Waals surface area contributed by atoms with Crippen LogP contribution >= 0.6 is 0 Å². The average Bonchev–Trinajstić information content (AvgIpc) is 2.54. The highest BCUT2D eigenvalue weighted by Crippen LogP contribution is 2.34. The Morgan fingerprint density at radius 3 is 2.19 bits per heavy atom. The van der Waals surface area contributed by atoms with Gasteiger partial charge >= 0.3 is 0 Å². The van der Waals surface area contributed by atoms with Crippen LogP contribution in [-0.4, -0.2) is 19.2 Å². The molecule has 106 valence electrons. The van der Waals surface area contributed by atoms with Crippen molar-refractivity contribution in [2.45, 2.75) is 6.92 Å². The van der Waals surface area contributed by atoms with Crippen molar-refractivity contribution in [2.24, 2.45) is 0 Å². The second-order valence-electron chi connectivity index (χ2n) is 4.89. The first-order valence-electron chi connectivity index (χ1n) is 6.81. The second kappa shape index (κ2) is 5.44. The zero-order valence-electron chi connectivity index (χ0n) is 12.4. The number of benzene rings is 2. The lowest BCUT2D eigenvalue weighted by molar-refractivity contribution is 0.356. The maximum Gasteiger partial charge on any atom is 0.161 e. The monoisotopic (exact) mass is 279 g/mol. The van der Waals surface area contributed by atoms with Gasteiger partial charge in [0.2, 0.25) is 0 Å². The molecule has 3 rings (SSSR count). The summed E-state index contributed by atoms with van der Waals surface area (Å²) in [5.74, 6) is 1.46. The Morgan fingerprint density at radius 1 is 0.857 bits per heavy atom. The van der Waals surface area contributed by atoms with E-state index in [1.165, 1.54) is 0 Å². The summed E-state index contributed by atoms with van der Waals surface area (Å²) >= 11 is 0. The molecule has 3 heteroatoms. The van der Waals surface area contributed by atoms with Crippen molar-refractivity contribution < 1.29 is 9.47 Å². The van der Waals surface area contributed by atoms with Crippen LogP contribution in [0.1, 0.15) is 5.69 Å². The fraction of sp³-hybridized carbons (Fsp3) is 0.167.